The maximum Gasteiger partial charge on any atom is 0.254 e. The number of ether oxygens (including phenoxy) is 2. The van der Waals surface area contributed by atoms with Crippen LogP contribution < -0.4 is 15.8 Å². The fourth-order valence-electron chi connectivity index (χ4n) is 3.19. The van der Waals surface area contributed by atoms with Gasteiger partial charge in [0, 0.05) is 13.5 Å². The predicted molar refractivity (Wildman–Crippen MR) is 118 cm³/mol. The zero-order valence-corrected chi connectivity index (χ0v) is 17.4. The van der Waals surface area contributed by atoms with Crippen molar-refractivity contribution in [2.24, 2.45) is 5.73 Å². The molecule has 3 aromatic carbocycles. The summed E-state index contributed by atoms with van der Waals surface area (Å²) in [4.78, 5) is 24.6. The number of carbonyl (C=O) groups is 2. The number of amides is 2. The molecule has 3 N–H and O–H groups in total. The first-order valence-electron chi connectivity index (χ1n) is 10.00. The molecule has 31 heavy (non-hydrogen) atoms. The van der Waals surface area contributed by atoms with E-state index < -0.39 is 24.0 Å². The van der Waals surface area contributed by atoms with E-state index in [2.05, 4.69) is 5.32 Å². The Balaban J connectivity index is 1.60. The molecule has 0 saturated carbocycles. The average molecular weight is 418 g/mol. The van der Waals surface area contributed by atoms with Gasteiger partial charge in [0.15, 0.2) is 6.10 Å². The summed E-state index contributed by atoms with van der Waals surface area (Å²) in [6.45, 7) is 0.470. The van der Waals surface area contributed by atoms with Gasteiger partial charge in [-0.2, -0.15) is 0 Å². The number of hydrogen-bond donors (Lipinski definition) is 2. The van der Waals surface area contributed by atoms with E-state index in [9.17, 15) is 9.59 Å². The van der Waals surface area contributed by atoms with Crippen LogP contribution in [0.5, 0.6) is 5.75 Å². The maximum absolute atomic E-state index is 12.7. The highest BCUT2D eigenvalue weighted by molar-refractivity contribution is 5.89. The molecule has 3 aromatic rings. The number of primary amides is 1. The highest BCUT2D eigenvalue weighted by Crippen LogP contribution is 2.18. The topological polar surface area (TPSA) is 90.7 Å². The Morgan fingerprint density at radius 1 is 0.871 bits per heavy atom. The lowest BCUT2D eigenvalue weighted by molar-refractivity contribution is -0.134. The molecule has 160 valence electrons. The molecule has 3 rings (SSSR count). The van der Waals surface area contributed by atoms with Crippen molar-refractivity contribution in [3.8, 4) is 5.75 Å². The van der Waals surface area contributed by atoms with Crippen molar-refractivity contribution in [3.05, 3.63) is 102 Å². The summed E-state index contributed by atoms with van der Waals surface area (Å²) >= 11 is 0. The van der Waals surface area contributed by atoms with Crippen molar-refractivity contribution in [2.45, 2.75) is 25.2 Å². The van der Waals surface area contributed by atoms with Gasteiger partial charge in [-0.25, -0.2) is 0 Å². The minimum absolute atomic E-state index is 0.269. The van der Waals surface area contributed by atoms with Gasteiger partial charge in [0.1, 0.15) is 18.4 Å². The van der Waals surface area contributed by atoms with E-state index in [1.807, 2.05) is 72.8 Å². The van der Waals surface area contributed by atoms with Gasteiger partial charge in [-0.3, -0.25) is 9.59 Å². The van der Waals surface area contributed by atoms with Gasteiger partial charge in [0.05, 0.1) is 0 Å². The number of carbonyl (C=O) groups excluding carboxylic acids is 2. The van der Waals surface area contributed by atoms with E-state index in [0.717, 1.165) is 16.9 Å². The van der Waals surface area contributed by atoms with E-state index in [0.29, 0.717) is 12.2 Å². The SMILES string of the molecule is CO[C@H](C(=O)N[C@H](Cc1ccc(OCc2ccccc2)cc1)C(N)=O)c1ccccc1. The van der Waals surface area contributed by atoms with Gasteiger partial charge in [-0.15, -0.1) is 0 Å². The van der Waals surface area contributed by atoms with Crippen LogP contribution in [0.1, 0.15) is 22.8 Å². The first-order valence-corrected chi connectivity index (χ1v) is 10.00. The Hall–Kier alpha value is -3.64. The monoisotopic (exact) mass is 418 g/mol. The van der Waals surface area contributed by atoms with Gasteiger partial charge in [-0.05, 0) is 28.8 Å². The highest BCUT2D eigenvalue weighted by Gasteiger charge is 2.25. The van der Waals surface area contributed by atoms with Gasteiger partial charge in [0.2, 0.25) is 5.91 Å². The molecule has 0 aliphatic heterocycles. The van der Waals surface area contributed by atoms with Crippen LogP contribution in [0.15, 0.2) is 84.9 Å². The van der Waals surface area contributed by atoms with E-state index in [4.69, 9.17) is 15.2 Å². The summed E-state index contributed by atoms with van der Waals surface area (Å²) < 4.78 is 11.1. The Morgan fingerprint density at radius 2 is 1.48 bits per heavy atom. The molecule has 0 aliphatic carbocycles. The minimum Gasteiger partial charge on any atom is -0.489 e. The molecule has 0 aliphatic rings. The molecule has 6 heteroatoms. The summed E-state index contributed by atoms with van der Waals surface area (Å²) in [6, 6.07) is 25.5. The van der Waals surface area contributed by atoms with Crippen molar-refractivity contribution in [1.82, 2.24) is 5.32 Å². The second-order valence-electron chi connectivity index (χ2n) is 7.11. The summed E-state index contributed by atoms with van der Waals surface area (Å²) in [6.07, 6.45) is -0.553. The van der Waals surface area contributed by atoms with Crippen LogP contribution in [0.3, 0.4) is 0 Å². The fourth-order valence-corrected chi connectivity index (χ4v) is 3.19. The number of rotatable bonds is 10. The number of hydrogen-bond acceptors (Lipinski definition) is 4. The zero-order valence-electron chi connectivity index (χ0n) is 17.4. The molecule has 2 atom stereocenters. The second kappa shape index (κ2) is 10.9. The summed E-state index contributed by atoms with van der Waals surface area (Å²) in [7, 11) is 1.45. The van der Waals surface area contributed by atoms with Gasteiger partial charge < -0.3 is 20.5 Å². The number of nitrogens with one attached hydrogen (secondary N) is 1. The van der Waals surface area contributed by atoms with Crippen molar-refractivity contribution < 1.29 is 19.1 Å². The molecule has 2 amide bonds. The first kappa shape index (κ1) is 22.1. The van der Waals surface area contributed by atoms with Crippen LogP contribution in [0, 0.1) is 0 Å². The quantitative estimate of drug-likeness (QED) is 0.529. The number of benzene rings is 3. The third-order valence-electron chi connectivity index (χ3n) is 4.85. The molecular formula is C25H26N2O4. The smallest absolute Gasteiger partial charge is 0.254 e. The van der Waals surface area contributed by atoms with Crippen molar-refractivity contribution in [1.29, 1.82) is 0 Å². The van der Waals surface area contributed by atoms with Crippen LogP contribution >= 0.6 is 0 Å². The van der Waals surface area contributed by atoms with E-state index in [-0.39, 0.29) is 6.42 Å². The standard InChI is InChI=1S/C25H26N2O4/c1-30-23(20-10-6-3-7-11-20)25(29)27-22(24(26)28)16-18-12-14-21(15-13-18)31-17-19-8-4-2-5-9-19/h2-15,22-23H,16-17H2,1H3,(H2,26,28)(H,27,29)/t22-,23+/m1/s1. The minimum atomic E-state index is -0.857. The molecule has 0 bridgehead atoms. The molecule has 0 radical (unpaired) electrons. The first-order chi connectivity index (χ1) is 15.1. The van der Waals surface area contributed by atoms with Crippen LogP contribution in [-0.4, -0.2) is 25.0 Å². The third kappa shape index (κ3) is 6.42. The van der Waals surface area contributed by atoms with Gasteiger partial charge in [0.25, 0.3) is 5.91 Å². The molecule has 0 heterocycles. The van der Waals surface area contributed by atoms with Crippen LogP contribution in [0.2, 0.25) is 0 Å². The average Bonchev–Trinajstić information content (AvgIpc) is 2.80. The lowest BCUT2D eigenvalue weighted by Crippen LogP contribution is -2.47. The van der Waals surface area contributed by atoms with Crippen LogP contribution in [0.4, 0.5) is 0 Å². The van der Waals surface area contributed by atoms with Gasteiger partial charge in [-0.1, -0.05) is 72.8 Å². The summed E-state index contributed by atoms with van der Waals surface area (Å²) in [5.74, 6) is -0.309. The Kier molecular flexibility index (Phi) is 7.79. The van der Waals surface area contributed by atoms with E-state index in [1.54, 1.807) is 12.1 Å². The lowest BCUT2D eigenvalue weighted by Gasteiger charge is -2.20. The predicted octanol–water partition coefficient (Wildman–Crippen LogP) is 3.17. The third-order valence-corrected chi connectivity index (χ3v) is 4.85. The molecule has 6 nitrogen and oxygen atoms in total. The number of nitrogens with two attached hydrogens (primary N) is 1. The number of methoxy groups -OCH3 is 1. The van der Waals surface area contributed by atoms with Crippen LogP contribution in [-0.2, 0) is 27.4 Å². The van der Waals surface area contributed by atoms with Crippen molar-refractivity contribution in [3.63, 3.8) is 0 Å². The lowest BCUT2D eigenvalue weighted by atomic mass is 10.0. The Bertz CT molecular complexity index is 975. The van der Waals surface area contributed by atoms with Gasteiger partial charge >= 0.3 is 0 Å². The second-order valence-corrected chi connectivity index (χ2v) is 7.11. The molecule has 0 unspecified atom stereocenters. The maximum atomic E-state index is 12.7. The normalized spacial score (nSPS) is 12.5. The van der Waals surface area contributed by atoms with E-state index >= 15 is 0 Å². The highest BCUT2D eigenvalue weighted by atomic mass is 16.5. The molecule has 0 saturated heterocycles. The van der Waals surface area contributed by atoms with Crippen molar-refractivity contribution >= 4 is 11.8 Å². The summed E-state index contributed by atoms with van der Waals surface area (Å²) in [5.41, 5.74) is 8.17. The molecule has 0 fully saturated rings. The fraction of sp³-hybridized carbons (Fsp3) is 0.200. The molecule has 0 aromatic heterocycles. The molecular weight excluding hydrogens is 392 g/mol. The Labute approximate surface area is 182 Å². The zero-order chi connectivity index (χ0) is 22.1. The largest absolute Gasteiger partial charge is 0.489 e. The molecule has 0 spiro atoms. The van der Waals surface area contributed by atoms with E-state index in [1.165, 1.54) is 7.11 Å². The summed E-state index contributed by atoms with van der Waals surface area (Å²) in [5, 5.41) is 2.71. The Morgan fingerprint density at radius 3 is 2.06 bits per heavy atom. The van der Waals surface area contributed by atoms with Crippen LogP contribution in [0.25, 0.3) is 0 Å². The van der Waals surface area contributed by atoms with Crippen molar-refractivity contribution in [2.75, 3.05) is 7.11 Å².